The van der Waals surface area contributed by atoms with Gasteiger partial charge in [0.1, 0.15) is 0 Å². The van der Waals surface area contributed by atoms with Gasteiger partial charge < -0.3 is 0 Å². The molecule has 0 N–H and O–H groups in total. The highest BCUT2D eigenvalue weighted by Crippen LogP contribution is 2.32. The standard InChI is InChI=1S/C19H27NO2S/c1-4-5-6-7-8-9-19-17(3)14-15-20(19)23(21,22)18-12-10-16(2)11-13-18/h9-13H,3-8,14-15H2,1-2H3/b19-9+. The highest BCUT2D eigenvalue weighted by molar-refractivity contribution is 7.89. The number of nitrogens with zero attached hydrogens (tertiary/aromatic N) is 1. The molecule has 0 saturated carbocycles. The van der Waals surface area contributed by atoms with E-state index in [1.165, 1.54) is 23.6 Å². The molecule has 0 unspecified atom stereocenters. The smallest absolute Gasteiger partial charge is 0.264 e. The summed E-state index contributed by atoms with van der Waals surface area (Å²) >= 11 is 0. The van der Waals surface area contributed by atoms with Gasteiger partial charge in [0, 0.05) is 6.54 Å². The van der Waals surface area contributed by atoms with Gasteiger partial charge in [0.05, 0.1) is 10.6 Å². The number of aryl methyl sites for hydroxylation is 1. The van der Waals surface area contributed by atoms with Crippen LogP contribution < -0.4 is 0 Å². The topological polar surface area (TPSA) is 37.4 Å². The van der Waals surface area contributed by atoms with Crippen molar-refractivity contribution < 1.29 is 8.42 Å². The first-order chi connectivity index (χ1) is 11.0. The minimum atomic E-state index is -3.48. The van der Waals surface area contributed by atoms with Gasteiger partial charge in [0.2, 0.25) is 0 Å². The van der Waals surface area contributed by atoms with Crippen molar-refractivity contribution in [2.45, 2.75) is 57.3 Å². The number of sulfonamides is 1. The summed E-state index contributed by atoms with van der Waals surface area (Å²) in [7, 11) is -3.48. The van der Waals surface area contributed by atoms with E-state index < -0.39 is 10.0 Å². The van der Waals surface area contributed by atoms with Gasteiger partial charge in [0.15, 0.2) is 0 Å². The van der Waals surface area contributed by atoms with Crippen LogP contribution in [0.3, 0.4) is 0 Å². The van der Waals surface area contributed by atoms with Crippen LogP contribution in [0.4, 0.5) is 0 Å². The lowest BCUT2D eigenvalue weighted by Crippen LogP contribution is -2.26. The van der Waals surface area contributed by atoms with Crippen molar-refractivity contribution in [1.82, 2.24) is 4.31 Å². The van der Waals surface area contributed by atoms with Crippen LogP contribution in [-0.2, 0) is 10.0 Å². The molecule has 0 atom stereocenters. The zero-order chi connectivity index (χ0) is 16.9. The molecular formula is C19H27NO2S. The maximum absolute atomic E-state index is 12.9. The van der Waals surface area contributed by atoms with Crippen molar-refractivity contribution in [3.8, 4) is 0 Å². The number of hydrogen-bond acceptors (Lipinski definition) is 2. The second-order valence-corrected chi connectivity index (χ2v) is 8.04. The molecule has 1 heterocycles. The van der Waals surface area contributed by atoms with Crippen LogP contribution in [0.1, 0.15) is 51.0 Å². The molecule has 0 aliphatic carbocycles. The van der Waals surface area contributed by atoms with Crippen LogP contribution in [-0.4, -0.2) is 19.3 Å². The fourth-order valence-corrected chi connectivity index (χ4v) is 4.33. The highest BCUT2D eigenvalue weighted by Gasteiger charge is 2.31. The Morgan fingerprint density at radius 2 is 1.87 bits per heavy atom. The van der Waals surface area contributed by atoms with E-state index in [9.17, 15) is 8.42 Å². The largest absolute Gasteiger partial charge is 0.266 e. The SMILES string of the molecule is C=C1CCN(S(=O)(=O)c2ccc(C)cc2)/C1=C/CCCCCC. The summed E-state index contributed by atoms with van der Waals surface area (Å²) in [6, 6.07) is 7.05. The van der Waals surface area contributed by atoms with E-state index in [-0.39, 0.29) is 0 Å². The second kappa shape index (κ2) is 7.82. The van der Waals surface area contributed by atoms with Crippen molar-refractivity contribution >= 4 is 10.0 Å². The molecule has 4 heteroatoms. The molecule has 1 aromatic carbocycles. The molecule has 1 fully saturated rings. The average molecular weight is 333 g/mol. The molecule has 0 amide bonds. The van der Waals surface area contributed by atoms with E-state index in [0.717, 1.165) is 29.7 Å². The summed E-state index contributed by atoms with van der Waals surface area (Å²) in [5, 5.41) is 0. The number of unbranched alkanes of at least 4 members (excludes halogenated alkanes) is 4. The molecule has 3 nitrogen and oxygen atoms in total. The summed E-state index contributed by atoms with van der Waals surface area (Å²) in [5.74, 6) is 0. The molecular weight excluding hydrogens is 306 g/mol. The molecule has 126 valence electrons. The maximum atomic E-state index is 12.9. The van der Waals surface area contributed by atoms with Crippen LogP contribution in [0.15, 0.2) is 53.1 Å². The monoisotopic (exact) mass is 333 g/mol. The lowest BCUT2D eigenvalue weighted by molar-refractivity contribution is 0.509. The predicted octanol–water partition coefficient (Wildman–Crippen LogP) is 4.80. The van der Waals surface area contributed by atoms with Crippen molar-refractivity contribution in [2.24, 2.45) is 0 Å². The van der Waals surface area contributed by atoms with Crippen LogP contribution in [0.2, 0.25) is 0 Å². The summed E-state index contributed by atoms with van der Waals surface area (Å²) in [5.41, 5.74) is 2.78. The summed E-state index contributed by atoms with van der Waals surface area (Å²) in [6.07, 6.45) is 8.41. The Morgan fingerprint density at radius 1 is 1.17 bits per heavy atom. The van der Waals surface area contributed by atoms with Gasteiger partial charge in [0.25, 0.3) is 10.0 Å². The first-order valence-corrected chi connectivity index (χ1v) is 9.88. The number of allylic oxidation sites excluding steroid dienone is 2. The molecule has 1 aliphatic rings. The van der Waals surface area contributed by atoms with Crippen LogP contribution in [0.25, 0.3) is 0 Å². The fourth-order valence-electron chi connectivity index (χ4n) is 2.80. The van der Waals surface area contributed by atoms with Gasteiger partial charge in [-0.1, -0.05) is 56.5 Å². The Bertz CT molecular complexity index is 672. The Kier molecular flexibility index (Phi) is 6.05. The Morgan fingerprint density at radius 3 is 2.52 bits per heavy atom. The maximum Gasteiger partial charge on any atom is 0.264 e. The average Bonchev–Trinajstić information content (AvgIpc) is 2.89. The third-order valence-corrected chi connectivity index (χ3v) is 6.08. The lowest BCUT2D eigenvalue weighted by Gasteiger charge is -2.20. The van der Waals surface area contributed by atoms with Crippen LogP contribution in [0.5, 0.6) is 0 Å². The van der Waals surface area contributed by atoms with E-state index in [1.807, 2.05) is 19.1 Å². The number of benzene rings is 1. The first kappa shape index (κ1) is 17.8. The van der Waals surface area contributed by atoms with Gasteiger partial charge >= 0.3 is 0 Å². The predicted molar refractivity (Wildman–Crippen MR) is 95.7 cm³/mol. The van der Waals surface area contributed by atoms with Crippen LogP contribution >= 0.6 is 0 Å². The summed E-state index contributed by atoms with van der Waals surface area (Å²) < 4.78 is 27.3. The minimum Gasteiger partial charge on any atom is -0.266 e. The van der Waals surface area contributed by atoms with Gasteiger partial charge in [-0.3, -0.25) is 4.31 Å². The van der Waals surface area contributed by atoms with Gasteiger partial charge in [-0.2, -0.15) is 0 Å². The van der Waals surface area contributed by atoms with Crippen LogP contribution in [0, 0.1) is 6.92 Å². The molecule has 23 heavy (non-hydrogen) atoms. The zero-order valence-corrected chi connectivity index (χ0v) is 15.0. The highest BCUT2D eigenvalue weighted by atomic mass is 32.2. The Balaban J connectivity index is 2.17. The third-order valence-electron chi connectivity index (χ3n) is 4.25. The van der Waals surface area contributed by atoms with Crippen molar-refractivity contribution in [3.05, 3.63) is 53.8 Å². The molecule has 0 radical (unpaired) electrons. The van der Waals surface area contributed by atoms with E-state index in [1.54, 1.807) is 12.1 Å². The van der Waals surface area contributed by atoms with Crippen molar-refractivity contribution in [3.63, 3.8) is 0 Å². The fraction of sp³-hybridized carbons (Fsp3) is 0.474. The van der Waals surface area contributed by atoms with E-state index >= 15 is 0 Å². The zero-order valence-electron chi connectivity index (χ0n) is 14.2. The second-order valence-electron chi connectivity index (χ2n) is 6.18. The molecule has 2 rings (SSSR count). The molecule has 1 saturated heterocycles. The molecule has 0 bridgehead atoms. The molecule has 1 aliphatic heterocycles. The van der Waals surface area contributed by atoms with Gasteiger partial charge in [-0.15, -0.1) is 0 Å². The summed E-state index contributed by atoms with van der Waals surface area (Å²) in [4.78, 5) is 0.356. The molecule has 0 aromatic heterocycles. The van der Waals surface area contributed by atoms with Crippen molar-refractivity contribution in [2.75, 3.05) is 6.54 Å². The van der Waals surface area contributed by atoms with E-state index in [4.69, 9.17) is 0 Å². The molecule has 1 aromatic rings. The van der Waals surface area contributed by atoms with E-state index in [0.29, 0.717) is 17.9 Å². The number of rotatable bonds is 7. The van der Waals surface area contributed by atoms with Gasteiger partial charge in [-0.25, -0.2) is 8.42 Å². The lowest BCUT2D eigenvalue weighted by atomic mass is 10.1. The quantitative estimate of drug-likeness (QED) is 0.672. The third kappa shape index (κ3) is 4.25. The Hall–Kier alpha value is -1.55. The minimum absolute atomic E-state index is 0.356. The first-order valence-electron chi connectivity index (χ1n) is 8.44. The summed E-state index contributed by atoms with van der Waals surface area (Å²) in [6.45, 7) is 8.69. The van der Waals surface area contributed by atoms with Crippen molar-refractivity contribution in [1.29, 1.82) is 0 Å². The number of hydrogen-bond donors (Lipinski definition) is 0. The Labute approximate surface area is 140 Å². The normalized spacial score (nSPS) is 17.2. The van der Waals surface area contributed by atoms with E-state index in [2.05, 4.69) is 19.6 Å². The molecule has 0 spiro atoms. The van der Waals surface area contributed by atoms with Gasteiger partial charge in [-0.05, 0) is 43.9 Å².